The minimum absolute atomic E-state index is 0.132. The van der Waals surface area contributed by atoms with Gasteiger partial charge in [0.05, 0.1) is 15.5 Å². The van der Waals surface area contributed by atoms with Crippen molar-refractivity contribution in [3.63, 3.8) is 0 Å². The number of anilines is 1. The number of nitrogens with two attached hydrogens (primary N) is 1. The maximum Gasteiger partial charge on any atom is 0.262 e. The third-order valence-corrected chi connectivity index (χ3v) is 5.48. The van der Waals surface area contributed by atoms with Crippen LogP contribution >= 0.6 is 0 Å². The molecule has 0 saturated carbocycles. The summed E-state index contributed by atoms with van der Waals surface area (Å²) in [6.45, 7) is 3.48. The zero-order valence-electron chi connectivity index (χ0n) is 12.1. The van der Waals surface area contributed by atoms with Gasteiger partial charge in [-0.2, -0.15) is 0 Å². The van der Waals surface area contributed by atoms with Gasteiger partial charge in [0.1, 0.15) is 0 Å². The van der Waals surface area contributed by atoms with Crippen molar-refractivity contribution in [2.75, 3.05) is 4.72 Å². The van der Waals surface area contributed by atoms with E-state index in [0.717, 1.165) is 5.56 Å². The van der Waals surface area contributed by atoms with Gasteiger partial charge in [-0.1, -0.05) is 18.2 Å². The lowest BCUT2D eigenvalue weighted by Gasteiger charge is -2.11. The van der Waals surface area contributed by atoms with Gasteiger partial charge in [0.15, 0.2) is 0 Å². The molecule has 0 fully saturated rings. The number of hydrogen-bond donors (Lipinski definition) is 2. The van der Waals surface area contributed by atoms with Crippen molar-refractivity contribution in [3.8, 4) is 0 Å². The zero-order chi connectivity index (χ0) is 16.5. The van der Waals surface area contributed by atoms with Crippen molar-refractivity contribution in [1.82, 2.24) is 0 Å². The lowest BCUT2D eigenvalue weighted by atomic mass is 10.2. The Labute approximate surface area is 130 Å². The second kappa shape index (κ2) is 5.71. The molecule has 0 bridgehead atoms. The van der Waals surface area contributed by atoms with E-state index in [1.165, 1.54) is 24.3 Å². The fourth-order valence-electron chi connectivity index (χ4n) is 1.94. The van der Waals surface area contributed by atoms with Crippen LogP contribution in [-0.2, 0) is 20.0 Å². The number of benzene rings is 2. The number of nitrogens with one attached hydrogen (secondary N) is 1. The molecule has 0 heterocycles. The van der Waals surface area contributed by atoms with E-state index >= 15 is 0 Å². The number of aryl methyl sites for hydroxylation is 2. The monoisotopic (exact) mass is 340 g/mol. The summed E-state index contributed by atoms with van der Waals surface area (Å²) in [6.07, 6.45) is 0. The Kier molecular flexibility index (Phi) is 4.28. The van der Waals surface area contributed by atoms with E-state index in [9.17, 15) is 16.8 Å². The lowest BCUT2D eigenvalue weighted by molar-refractivity contribution is 0.596. The van der Waals surface area contributed by atoms with Gasteiger partial charge >= 0.3 is 0 Å². The molecule has 0 spiro atoms. The summed E-state index contributed by atoms with van der Waals surface area (Å²) >= 11 is 0. The summed E-state index contributed by atoms with van der Waals surface area (Å²) in [5.74, 6) is 0. The highest BCUT2D eigenvalue weighted by Crippen LogP contribution is 2.22. The van der Waals surface area contributed by atoms with E-state index in [2.05, 4.69) is 4.72 Å². The molecule has 0 atom stereocenters. The second-order valence-corrected chi connectivity index (χ2v) is 8.16. The Bertz CT molecular complexity index is 920. The predicted octanol–water partition coefficient (Wildman–Crippen LogP) is 1.75. The van der Waals surface area contributed by atoms with Gasteiger partial charge in [0.2, 0.25) is 10.0 Å². The molecule has 2 aromatic rings. The van der Waals surface area contributed by atoms with Crippen LogP contribution in [0.5, 0.6) is 0 Å². The fraction of sp³-hybridized carbons (Fsp3) is 0.143. The Morgan fingerprint density at radius 1 is 0.955 bits per heavy atom. The molecule has 118 valence electrons. The summed E-state index contributed by atoms with van der Waals surface area (Å²) in [5.41, 5.74) is 1.54. The molecule has 2 aromatic carbocycles. The van der Waals surface area contributed by atoms with Crippen LogP contribution in [0.25, 0.3) is 0 Å². The quantitative estimate of drug-likeness (QED) is 0.884. The highest BCUT2D eigenvalue weighted by molar-refractivity contribution is 7.92. The van der Waals surface area contributed by atoms with Crippen molar-refractivity contribution >= 4 is 25.7 Å². The third-order valence-electron chi connectivity index (χ3n) is 3.05. The summed E-state index contributed by atoms with van der Waals surface area (Å²) in [6, 6.07) is 10.4. The van der Waals surface area contributed by atoms with E-state index in [4.69, 9.17) is 5.14 Å². The molecule has 0 aliphatic carbocycles. The second-order valence-electron chi connectivity index (χ2n) is 4.95. The van der Waals surface area contributed by atoms with Crippen molar-refractivity contribution in [3.05, 3.63) is 53.6 Å². The standard InChI is InChI=1S/C14H16N2O4S2/c1-10-6-7-11(2)14(8-10)22(19,20)16-12-4-3-5-13(9-12)21(15,17)18/h3-9,16H,1-2H3,(H2,15,17,18). The molecule has 0 amide bonds. The molecule has 0 aliphatic heterocycles. The maximum absolute atomic E-state index is 12.4. The van der Waals surface area contributed by atoms with Crippen LogP contribution in [0.3, 0.4) is 0 Å². The van der Waals surface area contributed by atoms with Crippen molar-refractivity contribution in [2.24, 2.45) is 5.14 Å². The number of rotatable bonds is 4. The normalized spacial score (nSPS) is 12.1. The van der Waals surface area contributed by atoms with Crippen LogP contribution < -0.4 is 9.86 Å². The van der Waals surface area contributed by atoms with Gasteiger partial charge in [-0.25, -0.2) is 22.0 Å². The van der Waals surface area contributed by atoms with Crippen LogP contribution in [0.1, 0.15) is 11.1 Å². The minimum Gasteiger partial charge on any atom is -0.280 e. The largest absolute Gasteiger partial charge is 0.280 e. The van der Waals surface area contributed by atoms with Crippen molar-refractivity contribution in [1.29, 1.82) is 0 Å². The van der Waals surface area contributed by atoms with E-state index < -0.39 is 20.0 Å². The number of primary sulfonamides is 1. The van der Waals surface area contributed by atoms with Gasteiger partial charge in [-0.05, 0) is 49.2 Å². The van der Waals surface area contributed by atoms with Crippen LogP contribution in [0.4, 0.5) is 5.69 Å². The summed E-state index contributed by atoms with van der Waals surface area (Å²) < 4.78 is 49.9. The van der Waals surface area contributed by atoms with Crippen LogP contribution in [-0.4, -0.2) is 16.8 Å². The van der Waals surface area contributed by atoms with Gasteiger partial charge in [-0.3, -0.25) is 4.72 Å². The Balaban J connectivity index is 2.44. The average Bonchev–Trinajstić information content (AvgIpc) is 2.40. The molecular formula is C14H16N2O4S2. The first-order chi connectivity index (χ1) is 10.1. The molecular weight excluding hydrogens is 324 g/mol. The zero-order valence-corrected chi connectivity index (χ0v) is 13.7. The Morgan fingerprint density at radius 3 is 2.27 bits per heavy atom. The minimum atomic E-state index is -3.90. The molecule has 0 aliphatic rings. The fourth-order valence-corrected chi connectivity index (χ4v) is 3.88. The first-order valence-corrected chi connectivity index (χ1v) is 9.35. The molecule has 8 heteroatoms. The smallest absolute Gasteiger partial charge is 0.262 e. The summed E-state index contributed by atoms with van der Waals surface area (Å²) in [7, 11) is -7.71. The number of hydrogen-bond acceptors (Lipinski definition) is 4. The van der Waals surface area contributed by atoms with Gasteiger partial charge < -0.3 is 0 Å². The van der Waals surface area contributed by atoms with Crippen LogP contribution in [0.2, 0.25) is 0 Å². The van der Waals surface area contributed by atoms with Crippen molar-refractivity contribution < 1.29 is 16.8 Å². The van der Waals surface area contributed by atoms with Crippen LogP contribution in [0, 0.1) is 13.8 Å². The lowest BCUT2D eigenvalue weighted by Crippen LogP contribution is -2.16. The summed E-state index contributed by atoms with van der Waals surface area (Å²) in [5, 5.41) is 5.04. The average molecular weight is 340 g/mol. The summed E-state index contributed by atoms with van der Waals surface area (Å²) in [4.78, 5) is -0.0119. The molecule has 0 unspecified atom stereocenters. The van der Waals surface area contributed by atoms with Gasteiger partial charge in [0.25, 0.3) is 10.0 Å². The van der Waals surface area contributed by atoms with E-state index in [1.54, 1.807) is 26.0 Å². The van der Waals surface area contributed by atoms with Gasteiger partial charge in [-0.15, -0.1) is 0 Å². The molecule has 0 radical (unpaired) electrons. The number of sulfonamides is 2. The Hall–Kier alpha value is -1.90. The first-order valence-electron chi connectivity index (χ1n) is 6.32. The molecule has 0 aromatic heterocycles. The SMILES string of the molecule is Cc1ccc(C)c(S(=O)(=O)Nc2cccc(S(N)(=O)=O)c2)c1. The molecule has 0 saturated heterocycles. The Morgan fingerprint density at radius 2 is 1.64 bits per heavy atom. The third kappa shape index (κ3) is 3.65. The van der Waals surface area contributed by atoms with Crippen LogP contribution in [0.15, 0.2) is 52.3 Å². The maximum atomic E-state index is 12.4. The molecule has 22 heavy (non-hydrogen) atoms. The van der Waals surface area contributed by atoms with Gasteiger partial charge in [0, 0.05) is 0 Å². The molecule has 6 nitrogen and oxygen atoms in total. The highest BCUT2D eigenvalue weighted by Gasteiger charge is 2.18. The van der Waals surface area contributed by atoms with Crippen molar-refractivity contribution in [2.45, 2.75) is 23.6 Å². The highest BCUT2D eigenvalue weighted by atomic mass is 32.2. The van der Waals surface area contributed by atoms with E-state index in [-0.39, 0.29) is 15.5 Å². The van der Waals surface area contributed by atoms with E-state index in [0.29, 0.717) is 5.56 Å². The topological polar surface area (TPSA) is 106 Å². The predicted molar refractivity (Wildman–Crippen MR) is 84.5 cm³/mol. The molecule has 2 rings (SSSR count). The molecule has 3 N–H and O–H groups in total. The van der Waals surface area contributed by atoms with E-state index in [1.807, 2.05) is 6.07 Å². The first kappa shape index (κ1) is 16.5.